The average molecular weight is 342 g/mol. The van der Waals surface area contributed by atoms with Crippen LogP contribution in [0, 0.1) is 6.92 Å². The maximum absolute atomic E-state index is 13.0. The predicted molar refractivity (Wildman–Crippen MR) is 106 cm³/mol. The van der Waals surface area contributed by atoms with Crippen LogP contribution in [0.5, 0.6) is 0 Å². The number of hydrogen-bond donors (Lipinski definition) is 0. The summed E-state index contributed by atoms with van der Waals surface area (Å²) in [7, 11) is 0. The van der Waals surface area contributed by atoms with Gasteiger partial charge in [-0.3, -0.25) is 9.20 Å². The Morgan fingerprint density at radius 3 is 2.65 bits per heavy atom. The fourth-order valence-corrected chi connectivity index (χ4v) is 3.51. The molecule has 4 rings (SSSR count). The molecule has 3 nitrogen and oxygen atoms in total. The molecule has 4 aromatic rings. The van der Waals surface area contributed by atoms with Crippen LogP contribution < -0.4 is 0 Å². The summed E-state index contributed by atoms with van der Waals surface area (Å²) in [6, 6.07) is 18.8. The highest BCUT2D eigenvalue weighted by Gasteiger charge is 2.18. The number of imidazole rings is 1. The Kier molecular flexibility index (Phi) is 4.29. The number of carbonyl (C=O) groups is 1. The molecule has 0 saturated heterocycles. The number of aromatic nitrogens is 2. The summed E-state index contributed by atoms with van der Waals surface area (Å²) in [5, 5.41) is 2.45. The van der Waals surface area contributed by atoms with E-state index in [1.165, 1.54) is 16.3 Å². The van der Waals surface area contributed by atoms with Crippen LogP contribution in [0.2, 0.25) is 0 Å². The van der Waals surface area contributed by atoms with Gasteiger partial charge in [-0.2, -0.15) is 0 Å². The van der Waals surface area contributed by atoms with Crippen molar-refractivity contribution in [2.24, 2.45) is 0 Å². The van der Waals surface area contributed by atoms with Gasteiger partial charge in [0.25, 0.3) is 0 Å². The summed E-state index contributed by atoms with van der Waals surface area (Å²) in [6.45, 7) is 4.09. The van der Waals surface area contributed by atoms with E-state index in [2.05, 4.69) is 42.2 Å². The number of fused-ring (bicyclic) bond motifs is 2. The number of Topliss-reactive ketones (excluding diaryl/α,β-unsaturated/α-hetero) is 1. The molecule has 0 atom stereocenters. The van der Waals surface area contributed by atoms with Crippen LogP contribution in [0.4, 0.5) is 0 Å². The Hall–Kier alpha value is -2.94. The van der Waals surface area contributed by atoms with E-state index in [-0.39, 0.29) is 5.78 Å². The number of nitrogens with zero attached hydrogens (tertiary/aromatic N) is 2. The third-order valence-corrected chi connectivity index (χ3v) is 4.91. The van der Waals surface area contributed by atoms with Gasteiger partial charge in [0.2, 0.25) is 0 Å². The molecule has 2 aromatic heterocycles. The standard InChI is InChI=1S/C23H22N2O/c1-3-20-23(25-13-12-16(2)14-22(25)24-20)21(26)11-9-17-8-10-18-6-4-5-7-19(18)15-17/h4-8,10,12-15H,3,9,11H2,1-2H3. The van der Waals surface area contributed by atoms with Crippen molar-refractivity contribution in [3.63, 3.8) is 0 Å². The fourth-order valence-electron chi connectivity index (χ4n) is 3.51. The van der Waals surface area contributed by atoms with Crippen molar-refractivity contribution in [3.8, 4) is 0 Å². The lowest BCUT2D eigenvalue weighted by atomic mass is 10.0. The van der Waals surface area contributed by atoms with Crippen molar-refractivity contribution in [2.75, 3.05) is 0 Å². The molecule has 0 bridgehead atoms. The zero-order chi connectivity index (χ0) is 18.1. The zero-order valence-corrected chi connectivity index (χ0v) is 15.2. The van der Waals surface area contributed by atoms with Gasteiger partial charge in [0.15, 0.2) is 5.78 Å². The highest BCUT2D eigenvalue weighted by molar-refractivity contribution is 5.96. The third-order valence-electron chi connectivity index (χ3n) is 4.91. The molecule has 0 aliphatic carbocycles. The lowest BCUT2D eigenvalue weighted by Gasteiger charge is -2.06. The van der Waals surface area contributed by atoms with E-state index >= 15 is 0 Å². The predicted octanol–water partition coefficient (Wildman–Crippen LogP) is 5.17. The summed E-state index contributed by atoms with van der Waals surface area (Å²) in [5.41, 5.74) is 4.83. The Morgan fingerprint density at radius 1 is 1.04 bits per heavy atom. The van der Waals surface area contributed by atoms with Crippen molar-refractivity contribution in [1.82, 2.24) is 9.38 Å². The van der Waals surface area contributed by atoms with Gasteiger partial charge in [-0.15, -0.1) is 0 Å². The van der Waals surface area contributed by atoms with Crippen LogP contribution >= 0.6 is 0 Å². The Bertz CT molecular complexity index is 1110. The minimum Gasteiger partial charge on any atom is -0.297 e. The summed E-state index contributed by atoms with van der Waals surface area (Å²) in [4.78, 5) is 17.6. The zero-order valence-electron chi connectivity index (χ0n) is 15.2. The minimum atomic E-state index is 0.159. The van der Waals surface area contributed by atoms with E-state index in [0.717, 1.165) is 35.4 Å². The molecule has 2 aromatic carbocycles. The van der Waals surface area contributed by atoms with Gasteiger partial charge in [0.05, 0.1) is 5.69 Å². The van der Waals surface area contributed by atoms with Crippen LogP contribution in [0.25, 0.3) is 16.4 Å². The minimum absolute atomic E-state index is 0.159. The molecule has 0 saturated carbocycles. The topological polar surface area (TPSA) is 34.4 Å². The van der Waals surface area contributed by atoms with Crippen molar-refractivity contribution >= 4 is 22.2 Å². The maximum atomic E-state index is 13.0. The Balaban J connectivity index is 1.60. The normalized spacial score (nSPS) is 11.3. The second-order valence-electron chi connectivity index (χ2n) is 6.80. The van der Waals surface area contributed by atoms with E-state index in [0.29, 0.717) is 6.42 Å². The second-order valence-corrected chi connectivity index (χ2v) is 6.80. The smallest absolute Gasteiger partial charge is 0.181 e. The van der Waals surface area contributed by atoms with Crippen LogP contribution in [-0.2, 0) is 12.8 Å². The lowest BCUT2D eigenvalue weighted by molar-refractivity contribution is 0.0976. The molecule has 0 N–H and O–H groups in total. The molecule has 2 heterocycles. The summed E-state index contributed by atoms with van der Waals surface area (Å²) < 4.78 is 1.94. The molecule has 0 spiro atoms. The molecule has 0 aliphatic heterocycles. The third kappa shape index (κ3) is 3.01. The van der Waals surface area contributed by atoms with Crippen molar-refractivity contribution in [2.45, 2.75) is 33.1 Å². The van der Waals surface area contributed by atoms with Crippen molar-refractivity contribution < 1.29 is 4.79 Å². The Morgan fingerprint density at radius 2 is 1.85 bits per heavy atom. The maximum Gasteiger partial charge on any atom is 0.181 e. The first-order valence-corrected chi connectivity index (χ1v) is 9.14. The first-order valence-electron chi connectivity index (χ1n) is 9.14. The molecule has 3 heteroatoms. The number of aryl methyl sites for hydroxylation is 3. The fraction of sp³-hybridized carbons (Fsp3) is 0.217. The van der Waals surface area contributed by atoms with Crippen LogP contribution in [0.15, 0.2) is 60.8 Å². The van der Waals surface area contributed by atoms with Gasteiger partial charge in [0, 0.05) is 12.6 Å². The molecular weight excluding hydrogens is 320 g/mol. The monoisotopic (exact) mass is 342 g/mol. The van der Waals surface area contributed by atoms with Gasteiger partial charge in [0.1, 0.15) is 11.3 Å². The van der Waals surface area contributed by atoms with Gasteiger partial charge in [-0.05, 0) is 53.8 Å². The quantitative estimate of drug-likeness (QED) is 0.469. The average Bonchev–Trinajstić information content (AvgIpc) is 3.03. The molecule has 0 radical (unpaired) electrons. The number of carbonyl (C=O) groups excluding carboxylic acids is 1. The number of benzene rings is 2. The molecule has 0 aliphatic rings. The van der Waals surface area contributed by atoms with E-state index in [1.54, 1.807) is 0 Å². The molecule has 26 heavy (non-hydrogen) atoms. The summed E-state index contributed by atoms with van der Waals surface area (Å²) >= 11 is 0. The number of pyridine rings is 1. The molecule has 0 amide bonds. The molecule has 0 unspecified atom stereocenters. The summed E-state index contributed by atoms with van der Waals surface area (Å²) in [5.74, 6) is 0.159. The molecular formula is C23H22N2O. The number of ketones is 1. The highest BCUT2D eigenvalue weighted by Crippen LogP contribution is 2.20. The van der Waals surface area contributed by atoms with E-state index in [4.69, 9.17) is 0 Å². The SMILES string of the molecule is CCc1nc2cc(C)ccn2c1C(=O)CCc1ccc2ccccc2c1. The van der Waals surface area contributed by atoms with Gasteiger partial charge < -0.3 is 0 Å². The van der Waals surface area contributed by atoms with E-state index in [9.17, 15) is 4.79 Å². The largest absolute Gasteiger partial charge is 0.297 e. The first-order chi connectivity index (χ1) is 12.7. The highest BCUT2D eigenvalue weighted by atomic mass is 16.1. The van der Waals surface area contributed by atoms with E-state index in [1.807, 2.05) is 41.8 Å². The Labute approximate surface area is 153 Å². The first kappa shape index (κ1) is 16.5. The molecule has 0 fully saturated rings. The number of rotatable bonds is 5. The van der Waals surface area contributed by atoms with Crippen LogP contribution in [-0.4, -0.2) is 15.2 Å². The second kappa shape index (κ2) is 6.75. The van der Waals surface area contributed by atoms with Gasteiger partial charge >= 0.3 is 0 Å². The van der Waals surface area contributed by atoms with Crippen molar-refractivity contribution in [1.29, 1.82) is 0 Å². The van der Waals surface area contributed by atoms with Crippen LogP contribution in [0.1, 0.15) is 40.7 Å². The lowest BCUT2D eigenvalue weighted by Crippen LogP contribution is -2.08. The summed E-state index contributed by atoms with van der Waals surface area (Å²) in [6.07, 6.45) is 3.96. The number of hydrogen-bond acceptors (Lipinski definition) is 2. The molecule has 130 valence electrons. The van der Waals surface area contributed by atoms with E-state index < -0.39 is 0 Å². The van der Waals surface area contributed by atoms with Gasteiger partial charge in [-0.25, -0.2) is 4.98 Å². The van der Waals surface area contributed by atoms with Crippen LogP contribution in [0.3, 0.4) is 0 Å². The van der Waals surface area contributed by atoms with Crippen molar-refractivity contribution in [3.05, 3.63) is 83.3 Å². The van der Waals surface area contributed by atoms with Gasteiger partial charge in [-0.1, -0.05) is 49.4 Å².